The van der Waals surface area contributed by atoms with Gasteiger partial charge in [-0.15, -0.1) is 5.10 Å². The van der Waals surface area contributed by atoms with E-state index < -0.39 is 5.92 Å². The lowest BCUT2D eigenvalue weighted by Crippen LogP contribution is -2.36. The highest BCUT2D eigenvalue weighted by molar-refractivity contribution is 5.85. The number of fused-ring (bicyclic) bond motifs is 1. The van der Waals surface area contributed by atoms with Gasteiger partial charge in [-0.05, 0) is 25.2 Å². The van der Waals surface area contributed by atoms with E-state index in [0.717, 1.165) is 23.0 Å². The number of hydrazone groups is 1. The van der Waals surface area contributed by atoms with Crippen LogP contribution in [0.2, 0.25) is 0 Å². The Morgan fingerprint density at radius 2 is 2.00 bits per heavy atom. The fourth-order valence-electron chi connectivity index (χ4n) is 3.20. The maximum Gasteiger partial charge on any atom is 0.250 e. The molecule has 0 atom stereocenters. The highest BCUT2D eigenvalue weighted by atomic mass is 19.3. The van der Waals surface area contributed by atoms with Gasteiger partial charge in [0.2, 0.25) is 0 Å². The van der Waals surface area contributed by atoms with Crippen molar-refractivity contribution in [2.45, 2.75) is 32.1 Å². The number of piperidine rings is 1. The van der Waals surface area contributed by atoms with Gasteiger partial charge in [0, 0.05) is 55.7 Å². The van der Waals surface area contributed by atoms with E-state index in [9.17, 15) is 13.6 Å². The molecular weight excluding hydrogens is 430 g/mol. The van der Waals surface area contributed by atoms with Crippen molar-refractivity contribution in [1.82, 2.24) is 19.4 Å². The molecule has 0 aliphatic carbocycles. The Labute approximate surface area is 190 Å². The number of aldehydes is 1. The van der Waals surface area contributed by atoms with Crippen LogP contribution >= 0.6 is 0 Å². The molecule has 9 nitrogen and oxygen atoms in total. The zero-order valence-corrected chi connectivity index (χ0v) is 18.7. The van der Waals surface area contributed by atoms with E-state index in [1.54, 1.807) is 18.5 Å². The monoisotopic (exact) mass is 458 g/mol. The summed E-state index contributed by atoms with van der Waals surface area (Å²) in [5.41, 5.74) is 8.33. The molecule has 4 N–H and O–H groups in total. The molecule has 3 aromatic rings. The minimum absolute atomic E-state index is 0.0312. The highest BCUT2D eigenvalue weighted by Gasteiger charge is 2.32. The van der Waals surface area contributed by atoms with Crippen molar-refractivity contribution in [3.63, 3.8) is 0 Å². The molecule has 1 aliphatic rings. The van der Waals surface area contributed by atoms with E-state index >= 15 is 0 Å². The van der Waals surface area contributed by atoms with E-state index in [4.69, 9.17) is 11.6 Å². The summed E-state index contributed by atoms with van der Waals surface area (Å²) in [4.78, 5) is 21.3. The van der Waals surface area contributed by atoms with Gasteiger partial charge < -0.3 is 10.6 Å². The summed E-state index contributed by atoms with van der Waals surface area (Å²) < 4.78 is 26.6. The zero-order chi connectivity index (χ0) is 24.0. The van der Waals surface area contributed by atoms with Gasteiger partial charge in [-0.3, -0.25) is 14.3 Å². The van der Waals surface area contributed by atoms with Crippen LogP contribution in [0.1, 0.15) is 36.5 Å². The average Bonchev–Trinajstić information content (AvgIpc) is 3.24. The van der Waals surface area contributed by atoms with E-state index in [1.807, 2.05) is 41.8 Å². The molecule has 0 bridgehead atoms. The Kier molecular flexibility index (Phi) is 7.67. The number of alkyl halides is 2. The Bertz CT molecular complexity index is 1120. The van der Waals surface area contributed by atoms with Gasteiger partial charge >= 0.3 is 0 Å². The number of amidine groups is 1. The summed E-state index contributed by atoms with van der Waals surface area (Å²) in [5, 5.41) is 6.13. The molecule has 0 spiro atoms. The third kappa shape index (κ3) is 6.30. The molecule has 4 heterocycles. The van der Waals surface area contributed by atoms with E-state index in [2.05, 4.69) is 15.1 Å². The number of carbonyl (C=O) groups excluding carboxylic acids is 1. The van der Waals surface area contributed by atoms with Gasteiger partial charge in [-0.2, -0.15) is 5.12 Å². The van der Waals surface area contributed by atoms with Crippen LogP contribution in [-0.4, -0.2) is 57.6 Å². The smallest absolute Gasteiger partial charge is 0.250 e. The summed E-state index contributed by atoms with van der Waals surface area (Å²) in [6.45, 7) is 2.96. The largest absolute Gasteiger partial charge is 0.386 e. The van der Waals surface area contributed by atoms with Crippen molar-refractivity contribution < 1.29 is 13.6 Å². The first-order valence-corrected chi connectivity index (χ1v) is 10.5. The van der Waals surface area contributed by atoms with Crippen LogP contribution in [0.4, 0.5) is 14.5 Å². The lowest BCUT2D eigenvalue weighted by Gasteiger charge is -2.28. The molecule has 11 heteroatoms. The number of hydrogen-bond donors (Lipinski definition) is 2. The number of hydrogen-bond acceptors (Lipinski definition) is 7. The molecule has 1 aliphatic heterocycles. The molecule has 3 aromatic heterocycles. The second-order valence-corrected chi connectivity index (χ2v) is 7.84. The topological polar surface area (TPSA) is 119 Å². The minimum Gasteiger partial charge on any atom is -0.386 e. The predicted molar refractivity (Wildman–Crippen MR) is 125 cm³/mol. The van der Waals surface area contributed by atoms with Crippen molar-refractivity contribution in [2.24, 2.45) is 16.7 Å². The molecule has 176 valence electrons. The summed E-state index contributed by atoms with van der Waals surface area (Å²) in [6.07, 6.45) is 8.12. The molecular formula is C22H28F2N8O. The Balaban J connectivity index is 0.000000286. The van der Waals surface area contributed by atoms with Gasteiger partial charge in [-0.25, -0.2) is 19.6 Å². The summed E-state index contributed by atoms with van der Waals surface area (Å²) in [6, 6.07) is 5.49. The number of pyridine rings is 2. The Hall–Kier alpha value is -3.44. The van der Waals surface area contributed by atoms with E-state index in [1.165, 1.54) is 11.3 Å². The first kappa shape index (κ1) is 24.2. The number of carbonyl (C=O) groups is 1. The lowest BCUT2D eigenvalue weighted by molar-refractivity contribution is -0.0504. The second kappa shape index (κ2) is 10.5. The van der Waals surface area contributed by atoms with Crippen LogP contribution in [0, 0.1) is 0 Å². The van der Waals surface area contributed by atoms with Crippen molar-refractivity contribution >= 4 is 28.8 Å². The Morgan fingerprint density at radius 3 is 2.64 bits per heavy atom. The molecule has 0 aromatic carbocycles. The van der Waals surface area contributed by atoms with Gasteiger partial charge in [0.25, 0.3) is 5.92 Å². The molecule has 0 radical (unpaired) electrons. The zero-order valence-electron chi connectivity index (χ0n) is 18.7. The quantitative estimate of drug-likeness (QED) is 0.198. The third-order valence-corrected chi connectivity index (χ3v) is 5.25. The van der Waals surface area contributed by atoms with Gasteiger partial charge in [0.05, 0.1) is 23.8 Å². The summed E-state index contributed by atoms with van der Waals surface area (Å²) in [7, 11) is 1.87. The van der Waals surface area contributed by atoms with Crippen LogP contribution in [-0.2, 0) is 0 Å². The maximum atomic E-state index is 12.4. The fraction of sp³-hybridized carbons (Fsp3) is 0.364. The highest BCUT2D eigenvalue weighted by Crippen LogP contribution is 2.26. The van der Waals surface area contributed by atoms with Crippen LogP contribution in [0.5, 0.6) is 0 Å². The van der Waals surface area contributed by atoms with Crippen LogP contribution in [0.25, 0.3) is 16.7 Å². The lowest BCUT2D eigenvalue weighted by atomic mass is 10.1. The van der Waals surface area contributed by atoms with Crippen molar-refractivity contribution in [3.05, 3.63) is 48.5 Å². The molecule has 0 unspecified atom stereocenters. The first-order chi connectivity index (χ1) is 15.7. The van der Waals surface area contributed by atoms with Crippen molar-refractivity contribution in [3.8, 4) is 5.69 Å². The number of aromatic nitrogens is 3. The first-order valence-electron chi connectivity index (χ1n) is 10.5. The molecule has 1 fully saturated rings. The molecule has 1 saturated heterocycles. The van der Waals surface area contributed by atoms with Crippen LogP contribution in [0.3, 0.4) is 0 Å². The molecule has 4 rings (SSSR count). The number of nitrogens with two attached hydrogens (primary N) is 2. The SMILES string of the molecule is CC/C(N)=N/N(N)c1cncc(-n2ccc3cc(C=O)cnc32)c1.CN1CCC(F)(F)CC1. The van der Waals surface area contributed by atoms with Crippen molar-refractivity contribution in [1.29, 1.82) is 0 Å². The summed E-state index contributed by atoms with van der Waals surface area (Å²) >= 11 is 0. The standard InChI is InChI=1S/C16H17N7O.C6H11F2N/c1-2-15(17)21-23(18)14-6-13(8-19-9-14)22-4-3-12-5-11(10-24)7-20-16(12)22;1-9-4-2-6(7,8)3-5-9/h3-10H,2,18H2,1H3,(H2,17,21);2-5H2,1H3. The number of anilines is 1. The second-order valence-electron chi connectivity index (χ2n) is 7.84. The third-order valence-electron chi connectivity index (χ3n) is 5.25. The molecule has 0 saturated carbocycles. The van der Waals surface area contributed by atoms with Gasteiger partial charge in [0.1, 0.15) is 11.5 Å². The maximum absolute atomic E-state index is 12.4. The number of rotatable bonds is 5. The average molecular weight is 459 g/mol. The van der Waals surface area contributed by atoms with Crippen LogP contribution < -0.4 is 16.7 Å². The number of likely N-dealkylation sites (tertiary alicyclic amines) is 1. The number of hydrazine groups is 1. The molecule has 33 heavy (non-hydrogen) atoms. The van der Waals surface area contributed by atoms with E-state index in [-0.39, 0.29) is 12.8 Å². The number of nitrogens with zero attached hydrogens (tertiary/aromatic N) is 6. The predicted octanol–water partition coefficient (Wildman–Crippen LogP) is 2.94. The Morgan fingerprint density at radius 1 is 1.27 bits per heavy atom. The molecule has 0 amide bonds. The van der Waals surface area contributed by atoms with Gasteiger partial charge in [-0.1, -0.05) is 6.92 Å². The normalized spacial score (nSPS) is 16.2. The van der Waals surface area contributed by atoms with Crippen molar-refractivity contribution in [2.75, 3.05) is 25.3 Å². The van der Waals surface area contributed by atoms with Crippen LogP contribution in [0.15, 0.2) is 48.1 Å². The summed E-state index contributed by atoms with van der Waals surface area (Å²) in [5.74, 6) is 3.95. The minimum atomic E-state index is -2.38. The fourth-order valence-corrected chi connectivity index (χ4v) is 3.20. The van der Waals surface area contributed by atoms with Gasteiger partial charge in [0.15, 0.2) is 6.29 Å². The van der Waals surface area contributed by atoms with E-state index in [0.29, 0.717) is 36.6 Å². The number of halogens is 2.